The Morgan fingerprint density at radius 1 is 1.42 bits per heavy atom. The van der Waals surface area contributed by atoms with Crippen molar-refractivity contribution in [2.75, 3.05) is 5.32 Å². The number of carbonyl (C=O) groups is 1. The molecule has 1 aromatic heterocycles. The summed E-state index contributed by atoms with van der Waals surface area (Å²) in [5.41, 5.74) is 7.23. The van der Waals surface area contributed by atoms with Crippen molar-refractivity contribution >= 4 is 11.6 Å². The fourth-order valence-corrected chi connectivity index (χ4v) is 1.67. The molecule has 1 atom stereocenters. The number of nitrogens with two attached hydrogens (primary N) is 1. The highest BCUT2D eigenvalue weighted by atomic mass is 16.4. The molecular weight excluding hydrogens is 244 g/mol. The summed E-state index contributed by atoms with van der Waals surface area (Å²) >= 11 is 0. The van der Waals surface area contributed by atoms with E-state index in [-0.39, 0.29) is 5.91 Å². The van der Waals surface area contributed by atoms with Crippen LogP contribution in [-0.2, 0) is 4.79 Å². The molecule has 100 valence electrons. The minimum absolute atomic E-state index is 0.174. The average molecular weight is 260 g/mol. The maximum atomic E-state index is 11.7. The van der Waals surface area contributed by atoms with Gasteiger partial charge in [0, 0.05) is 11.3 Å². The average Bonchev–Trinajstić information content (AvgIpc) is 2.94. The van der Waals surface area contributed by atoms with Crippen LogP contribution in [0, 0.1) is 0 Å². The van der Waals surface area contributed by atoms with Gasteiger partial charge >= 0.3 is 0 Å². The highest BCUT2D eigenvalue weighted by Crippen LogP contribution is 2.18. The van der Waals surface area contributed by atoms with E-state index in [0.29, 0.717) is 18.0 Å². The van der Waals surface area contributed by atoms with Gasteiger partial charge in [-0.1, -0.05) is 13.3 Å². The first-order valence-corrected chi connectivity index (χ1v) is 6.13. The molecule has 0 unspecified atom stereocenters. The minimum atomic E-state index is -0.472. The second-order valence-electron chi connectivity index (χ2n) is 4.21. The van der Waals surface area contributed by atoms with Crippen molar-refractivity contribution in [2.45, 2.75) is 25.8 Å². The van der Waals surface area contributed by atoms with Gasteiger partial charge in [-0.2, -0.15) is 0 Å². The van der Waals surface area contributed by atoms with Gasteiger partial charge < -0.3 is 15.5 Å². The van der Waals surface area contributed by atoms with Crippen molar-refractivity contribution in [3.05, 3.63) is 30.7 Å². The number of hydrogen-bond acceptors (Lipinski definition) is 5. The molecule has 0 fully saturated rings. The third kappa shape index (κ3) is 3.38. The minimum Gasteiger partial charge on any atom is -0.423 e. The third-order valence-corrected chi connectivity index (χ3v) is 2.70. The molecule has 1 heterocycles. The summed E-state index contributed by atoms with van der Waals surface area (Å²) in [5.74, 6) is 0.271. The lowest BCUT2D eigenvalue weighted by Crippen LogP contribution is -2.35. The van der Waals surface area contributed by atoms with Crippen LogP contribution in [0.3, 0.4) is 0 Å². The zero-order valence-corrected chi connectivity index (χ0v) is 10.7. The van der Waals surface area contributed by atoms with Crippen LogP contribution in [0.2, 0.25) is 0 Å². The quantitative estimate of drug-likeness (QED) is 0.854. The first kappa shape index (κ1) is 13.2. The van der Waals surface area contributed by atoms with Crippen molar-refractivity contribution in [3.8, 4) is 11.5 Å². The van der Waals surface area contributed by atoms with Gasteiger partial charge in [0.15, 0.2) is 0 Å². The van der Waals surface area contributed by atoms with E-state index in [1.165, 1.54) is 6.39 Å². The van der Waals surface area contributed by atoms with Crippen molar-refractivity contribution in [1.82, 2.24) is 10.2 Å². The van der Waals surface area contributed by atoms with Gasteiger partial charge in [0.1, 0.15) is 0 Å². The monoisotopic (exact) mass is 260 g/mol. The first-order chi connectivity index (χ1) is 9.20. The van der Waals surface area contributed by atoms with E-state index in [1.807, 2.05) is 6.92 Å². The van der Waals surface area contributed by atoms with Crippen LogP contribution in [-0.4, -0.2) is 22.1 Å². The molecule has 19 heavy (non-hydrogen) atoms. The van der Waals surface area contributed by atoms with Crippen molar-refractivity contribution in [2.24, 2.45) is 5.73 Å². The van der Waals surface area contributed by atoms with Gasteiger partial charge in [0.2, 0.25) is 18.2 Å². The molecule has 6 nitrogen and oxygen atoms in total. The molecule has 2 aromatic rings. The van der Waals surface area contributed by atoms with E-state index in [9.17, 15) is 4.79 Å². The maximum absolute atomic E-state index is 11.7. The molecule has 2 rings (SSSR count). The molecule has 0 saturated carbocycles. The second kappa shape index (κ2) is 6.10. The number of anilines is 1. The molecule has 1 aromatic carbocycles. The summed E-state index contributed by atoms with van der Waals surface area (Å²) in [5, 5.41) is 10.2. The number of aromatic nitrogens is 2. The summed E-state index contributed by atoms with van der Waals surface area (Å²) in [6, 6.07) is 6.68. The van der Waals surface area contributed by atoms with E-state index in [4.69, 9.17) is 10.2 Å². The van der Waals surface area contributed by atoms with Crippen LogP contribution >= 0.6 is 0 Å². The Kier molecular flexibility index (Phi) is 4.25. The van der Waals surface area contributed by atoms with Gasteiger partial charge in [-0.15, -0.1) is 10.2 Å². The van der Waals surface area contributed by atoms with Gasteiger partial charge in [-0.3, -0.25) is 4.79 Å². The lowest BCUT2D eigenvalue weighted by Gasteiger charge is -2.11. The van der Waals surface area contributed by atoms with Gasteiger partial charge in [-0.25, -0.2) is 0 Å². The molecule has 1 amide bonds. The van der Waals surface area contributed by atoms with Gasteiger partial charge in [-0.05, 0) is 30.7 Å². The number of amides is 1. The molecule has 0 aliphatic heterocycles. The smallest absolute Gasteiger partial charge is 0.247 e. The van der Waals surface area contributed by atoms with Crippen LogP contribution in [0.1, 0.15) is 19.8 Å². The zero-order chi connectivity index (χ0) is 13.7. The summed E-state index contributed by atoms with van der Waals surface area (Å²) in [6.07, 6.45) is 2.82. The summed E-state index contributed by atoms with van der Waals surface area (Å²) in [6.45, 7) is 1.99. The van der Waals surface area contributed by atoms with E-state index in [0.717, 1.165) is 12.0 Å². The Hall–Kier alpha value is -2.21. The molecule has 0 saturated heterocycles. The number of hydrogen-bond donors (Lipinski definition) is 2. The standard InChI is InChI=1S/C13H16N4O2/c1-2-3-11(14)12(18)16-10-6-4-9(5-7-10)13-17-15-8-19-13/h4-8,11H,2-3,14H2,1H3,(H,16,18)/t11-/m1/s1. The number of rotatable bonds is 5. The number of nitrogens with one attached hydrogen (secondary N) is 1. The zero-order valence-electron chi connectivity index (χ0n) is 10.7. The highest BCUT2D eigenvalue weighted by molar-refractivity contribution is 5.94. The fraction of sp³-hybridized carbons (Fsp3) is 0.308. The van der Waals surface area contributed by atoms with Crippen LogP contribution in [0.5, 0.6) is 0 Å². The normalized spacial score (nSPS) is 12.1. The van der Waals surface area contributed by atoms with E-state index in [1.54, 1.807) is 24.3 Å². The van der Waals surface area contributed by atoms with Gasteiger partial charge in [0.25, 0.3) is 0 Å². The predicted molar refractivity (Wildman–Crippen MR) is 71.2 cm³/mol. The Balaban J connectivity index is 2.01. The van der Waals surface area contributed by atoms with Crippen LogP contribution < -0.4 is 11.1 Å². The highest BCUT2D eigenvalue weighted by Gasteiger charge is 2.12. The number of carbonyl (C=O) groups excluding carboxylic acids is 1. The molecule has 0 bridgehead atoms. The van der Waals surface area contributed by atoms with Crippen molar-refractivity contribution in [3.63, 3.8) is 0 Å². The molecule has 0 radical (unpaired) electrons. The summed E-state index contributed by atoms with van der Waals surface area (Å²) in [7, 11) is 0. The number of benzene rings is 1. The lowest BCUT2D eigenvalue weighted by atomic mass is 10.1. The SMILES string of the molecule is CCC[C@@H](N)C(=O)Nc1ccc(-c2nnco2)cc1. The van der Waals surface area contributed by atoms with Gasteiger partial charge in [0.05, 0.1) is 6.04 Å². The summed E-state index contributed by atoms with van der Waals surface area (Å²) < 4.78 is 5.08. The van der Waals surface area contributed by atoms with Crippen molar-refractivity contribution in [1.29, 1.82) is 0 Å². The second-order valence-corrected chi connectivity index (χ2v) is 4.21. The largest absolute Gasteiger partial charge is 0.423 e. The molecule has 3 N–H and O–H groups in total. The van der Waals surface area contributed by atoms with Crippen LogP contribution in [0.15, 0.2) is 35.1 Å². The van der Waals surface area contributed by atoms with Crippen molar-refractivity contribution < 1.29 is 9.21 Å². The Morgan fingerprint density at radius 3 is 2.74 bits per heavy atom. The Labute approximate surface area is 111 Å². The van der Waals surface area contributed by atoms with E-state index in [2.05, 4.69) is 15.5 Å². The first-order valence-electron chi connectivity index (χ1n) is 6.13. The van der Waals surface area contributed by atoms with Crippen LogP contribution in [0.4, 0.5) is 5.69 Å². The van der Waals surface area contributed by atoms with E-state index >= 15 is 0 Å². The summed E-state index contributed by atoms with van der Waals surface area (Å²) in [4.78, 5) is 11.7. The predicted octanol–water partition coefficient (Wildman–Crippen LogP) is 1.80. The Bertz CT molecular complexity index is 522. The topological polar surface area (TPSA) is 94.0 Å². The third-order valence-electron chi connectivity index (χ3n) is 2.70. The Morgan fingerprint density at radius 2 is 2.16 bits per heavy atom. The van der Waals surface area contributed by atoms with Crippen LogP contribution in [0.25, 0.3) is 11.5 Å². The lowest BCUT2D eigenvalue weighted by molar-refractivity contribution is -0.117. The fourth-order valence-electron chi connectivity index (χ4n) is 1.67. The molecular formula is C13H16N4O2. The molecule has 0 aliphatic rings. The maximum Gasteiger partial charge on any atom is 0.247 e. The molecule has 0 spiro atoms. The van der Waals surface area contributed by atoms with E-state index < -0.39 is 6.04 Å². The molecule has 0 aliphatic carbocycles. The number of nitrogens with zero attached hydrogens (tertiary/aromatic N) is 2. The molecule has 6 heteroatoms.